The highest BCUT2D eigenvalue weighted by atomic mass is 16.6. The molecule has 0 bridgehead atoms. The van der Waals surface area contributed by atoms with Crippen LogP contribution in [0.4, 0.5) is 4.79 Å². The number of amides is 1. The number of carbonyl (C=O) groups excluding carboxylic acids is 2. The van der Waals surface area contributed by atoms with Crippen LogP contribution in [0.2, 0.25) is 0 Å². The van der Waals surface area contributed by atoms with Gasteiger partial charge in [0.25, 0.3) is 0 Å². The summed E-state index contributed by atoms with van der Waals surface area (Å²) in [6, 6.07) is 0. The maximum Gasteiger partial charge on any atom is 0.410 e. The van der Waals surface area contributed by atoms with Gasteiger partial charge in [0.2, 0.25) is 0 Å². The molecule has 0 aromatic rings. The minimum Gasteiger partial charge on any atom is -0.444 e. The number of ketones is 1. The first-order valence-electron chi connectivity index (χ1n) is 6.34. The summed E-state index contributed by atoms with van der Waals surface area (Å²) >= 11 is 0. The molecular formula is C13H23NO3. The lowest BCUT2D eigenvalue weighted by Crippen LogP contribution is -2.42. The quantitative estimate of drug-likeness (QED) is 0.746. The SMILES string of the molecule is CCC(=O)C1CCN(C(=O)OC(C)(C)C)CC1. The normalized spacial score (nSPS) is 18.0. The number of carbonyl (C=O) groups is 2. The molecular weight excluding hydrogens is 218 g/mol. The van der Waals surface area contributed by atoms with Crippen molar-refractivity contribution in [1.82, 2.24) is 4.90 Å². The van der Waals surface area contributed by atoms with E-state index in [0.717, 1.165) is 12.8 Å². The monoisotopic (exact) mass is 241 g/mol. The molecule has 1 rings (SSSR count). The van der Waals surface area contributed by atoms with Gasteiger partial charge in [0.05, 0.1) is 0 Å². The van der Waals surface area contributed by atoms with Gasteiger partial charge in [-0.3, -0.25) is 4.79 Å². The number of hydrogen-bond acceptors (Lipinski definition) is 3. The number of piperidine rings is 1. The Balaban J connectivity index is 2.42. The standard InChI is InChI=1S/C13H23NO3/c1-5-11(15)10-6-8-14(9-7-10)12(16)17-13(2,3)4/h10H,5-9H2,1-4H3. The van der Waals surface area contributed by atoms with E-state index < -0.39 is 5.60 Å². The largest absolute Gasteiger partial charge is 0.444 e. The molecule has 1 amide bonds. The number of Topliss-reactive ketones (excluding diaryl/α,β-unsaturated/α-hetero) is 1. The maximum atomic E-state index is 11.8. The molecule has 0 N–H and O–H groups in total. The zero-order valence-corrected chi connectivity index (χ0v) is 11.3. The molecule has 4 heteroatoms. The highest BCUT2D eigenvalue weighted by molar-refractivity contribution is 5.81. The minimum atomic E-state index is -0.451. The third-order valence-corrected chi connectivity index (χ3v) is 2.95. The summed E-state index contributed by atoms with van der Waals surface area (Å²) in [6.07, 6.45) is 1.87. The molecule has 0 unspecified atom stereocenters. The second-order valence-electron chi connectivity index (χ2n) is 5.56. The highest BCUT2D eigenvalue weighted by Crippen LogP contribution is 2.21. The second-order valence-corrected chi connectivity index (χ2v) is 5.56. The van der Waals surface area contributed by atoms with Crippen LogP contribution in [-0.4, -0.2) is 35.5 Å². The molecule has 1 saturated heterocycles. The number of hydrogen-bond donors (Lipinski definition) is 0. The van der Waals surface area contributed by atoms with Crippen LogP contribution in [0.5, 0.6) is 0 Å². The number of rotatable bonds is 2. The van der Waals surface area contributed by atoms with Crippen molar-refractivity contribution in [3.8, 4) is 0 Å². The van der Waals surface area contributed by atoms with E-state index in [9.17, 15) is 9.59 Å². The third kappa shape index (κ3) is 4.36. The summed E-state index contributed by atoms with van der Waals surface area (Å²) in [7, 11) is 0. The number of nitrogens with zero attached hydrogens (tertiary/aromatic N) is 1. The lowest BCUT2D eigenvalue weighted by Gasteiger charge is -2.32. The molecule has 0 aromatic carbocycles. The van der Waals surface area contributed by atoms with Gasteiger partial charge >= 0.3 is 6.09 Å². The Hall–Kier alpha value is -1.06. The summed E-state index contributed by atoms with van der Waals surface area (Å²) in [5.74, 6) is 0.451. The molecule has 1 aliphatic heterocycles. The minimum absolute atomic E-state index is 0.138. The number of likely N-dealkylation sites (tertiary alicyclic amines) is 1. The third-order valence-electron chi connectivity index (χ3n) is 2.95. The Labute approximate surface area is 103 Å². The molecule has 4 nitrogen and oxygen atoms in total. The topological polar surface area (TPSA) is 46.6 Å². The second kappa shape index (κ2) is 5.52. The predicted molar refractivity (Wildman–Crippen MR) is 65.8 cm³/mol. The molecule has 0 saturated carbocycles. The van der Waals surface area contributed by atoms with E-state index in [4.69, 9.17) is 4.74 Å². The molecule has 17 heavy (non-hydrogen) atoms. The van der Waals surface area contributed by atoms with Crippen molar-refractivity contribution < 1.29 is 14.3 Å². The molecule has 0 aliphatic carbocycles. The van der Waals surface area contributed by atoms with Gasteiger partial charge < -0.3 is 9.64 Å². The summed E-state index contributed by atoms with van der Waals surface area (Å²) in [5, 5.41) is 0. The average Bonchev–Trinajstić information content (AvgIpc) is 2.26. The Morgan fingerprint density at radius 1 is 1.24 bits per heavy atom. The first-order valence-corrected chi connectivity index (χ1v) is 6.34. The lowest BCUT2D eigenvalue weighted by molar-refractivity contribution is -0.124. The van der Waals surface area contributed by atoms with Crippen molar-refractivity contribution in [3.05, 3.63) is 0 Å². The molecule has 0 atom stereocenters. The van der Waals surface area contributed by atoms with Gasteiger partial charge in [-0.05, 0) is 33.6 Å². The van der Waals surface area contributed by atoms with Gasteiger partial charge in [0.1, 0.15) is 11.4 Å². The highest BCUT2D eigenvalue weighted by Gasteiger charge is 2.28. The van der Waals surface area contributed by atoms with Crippen molar-refractivity contribution in [3.63, 3.8) is 0 Å². The molecule has 98 valence electrons. The van der Waals surface area contributed by atoms with Crippen LogP contribution in [0.15, 0.2) is 0 Å². The zero-order valence-electron chi connectivity index (χ0n) is 11.3. The molecule has 0 aromatic heterocycles. The number of ether oxygens (including phenoxy) is 1. The lowest BCUT2D eigenvalue weighted by atomic mass is 9.91. The van der Waals surface area contributed by atoms with Crippen LogP contribution in [0.3, 0.4) is 0 Å². The fraction of sp³-hybridized carbons (Fsp3) is 0.846. The van der Waals surface area contributed by atoms with Crippen LogP contribution < -0.4 is 0 Å². The van der Waals surface area contributed by atoms with Crippen molar-refractivity contribution in [2.75, 3.05) is 13.1 Å². The van der Waals surface area contributed by atoms with Crippen molar-refractivity contribution >= 4 is 11.9 Å². The van der Waals surface area contributed by atoms with Crippen molar-refractivity contribution in [2.24, 2.45) is 5.92 Å². The van der Waals surface area contributed by atoms with E-state index in [1.165, 1.54) is 0 Å². The van der Waals surface area contributed by atoms with Crippen molar-refractivity contribution in [1.29, 1.82) is 0 Å². The van der Waals surface area contributed by atoms with E-state index in [-0.39, 0.29) is 12.0 Å². The van der Waals surface area contributed by atoms with E-state index in [1.807, 2.05) is 27.7 Å². The summed E-state index contributed by atoms with van der Waals surface area (Å²) in [6.45, 7) is 8.73. The molecule has 1 heterocycles. The van der Waals surface area contributed by atoms with Gasteiger partial charge in [-0.2, -0.15) is 0 Å². The smallest absolute Gasteiger partial charge is 0.410 e. The van der Waals surface area contributed by atoms with Crippen LogP contribution in [0.1, 0.15) is 47.0 Å². The van der Waals surface area contributed by atoms with Gasteiger partial charge in [-0.15, -0.1) is 0 Å². The first-order chi connectivity index (χ1) is 7.83. The van der Waals surface area contributed by atoms with E-state index >= 15 is 0 Å². The van der Waals surface area contributed by atoms with Crippen LogP contribution in [0, 0.1) is 5.92 Å². The van der Waals surface area contributed by atoms with Gasteiger partial charge in [-0.25, -0.2) is 4.79 Å². The fourth-order valence-corrected chi connectivity index (χ4v) is 2.00. The Morgan fingerprint density at radius 3 is 2.18 bits per heavy atom. The molecule has 1 aliphatic rings. The first kappa shape index (κ1) is 14.0. The Kier molecular flexibility index (Phi) is 4.54. The van der Waals surface area contributed by atoms with Crippen molar-refractivity contribution in [2.45, 2.75) is 52.6 Å². The summed E-state index contributed by atoms with van der Waals surface area (Å²) in [4.78, 5) is 25.0. The summed E-state index contributed by atoms with van der Waals surface area (Å²) < 4.78 is 5.30. The molecule has 0 radical (unpaired) electrons. The van der Waals surface area contributed by atoms with Gasteiger partial charge in [0.15, 0.2) is 0 Å². The van der Waals surface area contributed by atoms with Crippen LogP contribution >= 0.6 is 0 Å². The predicted octanol–water partition coefficient (Wildman–Crippen LogP) is 2.61. The van der Waals surface area contributed by atoms with E-state index in [2.05, 4.69) is 0 Å². The average molecular weight is 241 g/mol. The van der Waals surface area contributed by atoms with Gasteiger partial charge in [0, 0.05) is 25.4 Å². The zero-order chi connectivity index (χ0) is 13.1. The fourth-order valence-electron chi connectivity index (χ4n) is 2.00. The Morgan fingerprint density at radius 2 is 1.76 bits per heavy atom. The van der Waals surface area contributed by atoms with Crippen LogP contribution in [-0.2, 0) is 9.53 Å². The van der Waals surface area contributed by atoms with Gasteiger partial charge in [-0.1, -0.05) is 6.92 Å². The van der Waals surface area contributed by atoms with E-state index in [0.29, 0.717) is 25.3 Å². The van der Waals surface area contributed by atoms with Crippen LogP contribution in [0.25, 0.3) is 0 Å². The molecule has 0 spiro atoms. The summed E-state index contributed by atoms with van der Waals surface area (Å²) in [5.41, 5.74) is -0.451. The maximum absolute atomic E-state index is 11.8. The molecule has 1 fully saturated rings. The Bertz CT molecular complexity index is 286. The van der Waals surface area contributed by atoms with E-state index in [1.54, 1.807) is 4.90 Å².